The predicted octanol–water partition coefficient (Wildman–Crippen LogP) is 6.86. The number of anilines is 1. The van der Waals surface area contributed by atoms with Gasteiger partial charge in [-0.05, 0) is 83.8 Å². The van der Waals surface area contributed by atoms with Crippen molar-refractivity contribution in [2.45, 2.75) is 107 Å². The quantitative estimate of drug-likeness (QED) is 0.289. The Hall–Kier alpha value is -2.67. The van der Waals surface area contributed by atoms with Gasteiger partial charge >= 0.3 is 0 Å². The molecule has 3 aliphatic rings. The second kappa shape index (κ2) is 11.0. The Morgan fingerprint density at radius 2 is 1.68 bits per heavy atom. The summed E-state index contributed by atoms with van der Waals surface area (Å²) in [5.74, 6) is -2.14. The average molecular weight is 610 g/mol. The second-order valence-corrected chi connectivity index (χ2v) is 16.9. The zero-order valence-electron chi connectivity index (χ0n) is 29.0. The summed E-state index contributed by atoms with van der Waals surface area (Å²) < 4.78 is 0. The van der Waals surface area contributed by atoms with Gasteiger partial charge in [-0.3, -0.25) is 14.4 Å². The lowest BCUT2D eigenvalue weighted by atomic mass is 9.38. The van der Waals surface area contributed by atoms with Crippen molar-refractivity contribution in [1.82, 2.24) is 0 Å². The standard InChI is InChI=1S/C37H55NO6/c1-19(2)23(26(40)16-34(5,6)7)13-22-14-25(38(11)12)24-15-35(8)18-36(9)17-27(41)28(21(4)39)33(44)37(36,10)20(3)30(35)32(43)29(24)31(22)42/h14,19-20,23,26,30,40-42H,13,15-18H2,1-12H3/t20?,23?,26?,30?,35-,36+,37+/m0/s1. The van der Waals surface area contributed by atoms with Gasteiger partial charge in [0.15, 0.2) is 17.3 Å². The van der Waals surface area contributed by atoms with Gasteiger partial charge in [0.2, 0.25) is 0 Å². The Kier molecular flexibility index (Phi) is 8.55. The fourth-order valence-electron chi connectivity index (χ4n) is 9.49. The van der Waals surface area contributed by atoms with Crippen LogP contribution >= 0.6 is 0 Å². The summed E-state index contributed by atoms with van der Waals surface area (Å²) in [7, 11) is 3.88. The first-order chi connectivity index (χ1) is 20.0. The number of phenols is 1. The van der Waals surface area contributed by atoms with E-state index in [2.05, 4.69) is 41.5 Å². The van der Waals surface area contributed by atoms with Crippen LogP contribution in [0.4, 0.5) is 5.69 Å². The van der Waals surface area contributed by atoms with Crippen LogP contribution in [0.5, 0.6) is 5.75 Å². The third-order valence-electron chi connectivity index (χ3n) is 11.8. The van der Waals surface area contributed by atoms with Gasteiger partial charge in [-0.25, -0.2) is 0 Å². The van der Waals surface area contributed by atoms with Crippen molar-refractivity contribution in [3.05, 3.63) is 34.1 Å². The molecule has 0 aliphatic heterocycles. The largest absolute Gasteiger partial charge is 0.511 e. The molecule has 1 fully saturated rings. The molecule has 0 amide bonds. The van der Waals surface area contributed by atoms with E-state index in [0.29, 0.717) is 36.8 Å². The summed E-state index contributed by atoms with van der Waals surface area (Å²) in [6.45, 7) is 19.7. The third kappa shape index (κ3) is 5.21. The molecule has 1 saturated carbocycles. The molecular weight excluding hydrogens is 554 g/mol. The maximum absolute atomic E-state index is 14.8. The van der Waals surface area contributed by atoms with Crippen LogP contribution in [0, 0.1) is 45.3 Å². The molecule has 0 heterocycles. The summed E-state index contributed by atoms with van der Waals surface area (Å²) in [4.78, 5) is 43.4. The first-order valence-electron chi connectivity index (χ1n) is 16.3. The number of benzene rings is 1. The first kappa shape index (κ1) is 34.2. The Morgan fingerprint density at radius 3 is 2.18 bits per heavy atom. The predicted molar refractivity (Wildman–Crippen MR) is 174 cm³/mol. The number of hydrogen-bond donors (Lipinski definition) is 3. The molecule has 1 aromatic carbocycles. The molecule has 244 valence electrons. The molecule has 7 atom stereocenters. The van der Waals surface area contributed by atoms with Crippen LogP contribution in [-0.4, -0.2) is 52.9 Å². The molecule has 4 unspecified atom stereocenters. The number of hydrogen-bond acceptors (Lipinski definition) is 7. The number of aromatic hydroxyl groups is 1. The van der Waals surface area contributed by atoms with Crippen LogP contribution in [0.3, 0.4) is 0 Å². The van der Waals surface area contributed by atoms with E-state index in [0.717, 1.165) is 11.3 Å². The number of aliphatic hydroxyl groups excluding tert-OH is 2. The fourth-order valence-corrected chi connectivity index (χ4v) is 9.49. The van der Waals surface area contributed by atoms with E-state index in [1.54, 1.807) is 0 Å². The lowest BCUT2D eigenvalue weighted by Crippen LogP contribution is -2.64. The van der Waals surface area contributed by atoms with Gasteiger partial charge in [-0.2, -0.15) is 0 Å². The monoisotopic (exact) mass is 609 g/mol. The molecule has 1 aromatic rings. The lowest BCUT2D eigenvalue weighted by molar-refractivity contribution is -0.161. The summed E-state index contributed by atoms with van der Waals surface area (Å²) in [5.41, 5.74) is 0.213. The second-order valence-electron chi connectivity index (χ2n) is 16.9. The SMILES string of the molecule is CC(=O)C1=C(O)C[C@]2(C)C[C@]3(C)Cc4c(N(C)C)cc(CC(C(C)C)C(O)CC(C)(C)C)c(O)c4C(=O)C3C(C)[C@]2(C)C1=O. The molecule has 0 spiro atoms. The number of Topliss-reactive ketones (excluding diaryl/α,β-unsaturated/α-hetero) is 3. The molecule has 0 saturated heterocycles. The summed E-state index contributed by atoms with van der Waals surface area (Å²) in [6, 6.07) is 1.99. The van der Waals surface area contributed by atoms with Crippen LogP contribution in [0.15, 0.2) is 17.4 Å². The average Bonchev–Trinajstić information content (AvgIpc) is 2.83. The van der Waals surface area contributed by atoms with Gasteiger partial charge in [-0.15, -0.1) is 0 Å². The van der Waals surface area contributed by atoms with Gasteiger partial charge in [0, 0.05) is 37.5 Å². The van der Waals surface area contributed by atoms with E-state index in [4.69, 9.17) is 0 Å². The number of allylic oxidation sites excluding steroid dienone is 2. The number of carbonyl (C=O) groups excluding carboxylic acids is 3. The Balaban J connectivity index is 1.87. The minimum atomic E-state index is -1.05. The Labute approximate surface area is 264 Å². The van der Waals surface area contributed by atoms with E-state index in [1.807, 2.05) is 45.8 Å². The molecule has 7 heteroatoms. The molecule has 44 heavy (non-hydrogen) atoms. The van der Waals surface area contributed by atoms with Gasteiger partial charge in [0.05, 0.1) is 17.2 Å². The fraction of sp³-hybridized carbons (Fsp3) is 0.703. The van der Waals surface area contributed by atoms with E-state index >= 15 is 0 Å². The van der Waals surface area contributed by atoms with E-state index in [1.165, 1.54) is 6.92 Å². The number of aliphatic hydroxyl groups is 2. The number of rotatable bonds is 7. The van der Waals surface area contributed by atoms with Gasteiger partial charge < -0.3 is 20.2 Å². The maximum atomic E-state index is 14.8. The minimum Gasteiger partial charge on any atom is -0.511 e. The molecule has 7 nitrogen and oxygen atoms in total. The van der Waals surface area contributed by atoms with Crippen molar-refractivity contribution in [1.29, 1.82) is 0 Å². The number of fused-ring (bicyclic) bond motifs is 3. The van der Waals surface area contributed by atoms with Crippen LogP contribution in [0.1, 0.15) is 110 Å². The van der Waals surface area contributed by atoms with E-state index in [-0.39, 0.29) is 52.3 Å². The summed E-state index contributed by atoms with van der Waals surface area (Å²) >= 11 is 0. The zero-order chi connectivity index (χ0) is 33.5. The van der Waals surface area contributed by atoms with Gasteiger partial charge in [0.1, 0.15) is 11.5 Å². The van der Waals surface area contributed by atoms with Crippen molar-refractivity contribution in [3.63, 3.8) is 0 Å². The van der Waals surface area contributed by atoms with Crippen LogP contribution in [-0.2, 0) is 22.4 Å². The molecule has 0 bridgehead atoms. The molecule has 0 radical (unpaired) electrons. The van der Waals surface area contributed by atoms with Crippen molar-refractivity contribution < 1.29 is 29.7 Å². The molecule has 0 aromatic heterocycles. The van der Waals surface area contributed by atoms with Crippen molar-refractivity contribution in [3.8, 4) is 5.75 Å². The van der Waals surface area contributed by atoms with Crippen molar-refractivity contribution >= 4 is 23.0 Å². The highest BCUT2D eigenvalue weighted by atomic mass is 16.3. The number of ketones is 3. The zero-order valence-corrected chi connectivity index (χ0v) is 29.0. The number of nitrogens with zero attached hydrogens (tertiary/aromatic N) is 1. The Bertz CT molecular complexity index is 1420. The molecule has 3 N–H and O–H groups in total. The molecule has 3 aliphatic carbocycles. The third-order valence-corrected chi connectivity index (χ3v) is 11.8. The minimum absolute atomic E-state index is 0.0196. The van der Waals surface area contributed by atoms with Crippen molar-refractivity contribution in [2.24, 2.45) is 45.3 Å². The van der Waals surface area contributed by atoms with Crippen LogP contribution in [0.2, 0.25) is 0 Å². The smallest absolute Gasteiger partial charge is 0.176 e. The van der Waals surface area contributed by atoms with Crippen LogP contribution in [0.25, 0.3) is 0 Å². The molecular formula is C37H55NO6. The molecule has 4 rings (SSSR count). The van der Waals surface area contributed by atoms with E-state index < -0.39 is 40.0 Å². The van der Waals surface area contributed by atoms with Gasteiger partial charge in [0.25, 0.3) is 0 Å². The number of carbonyl (C=O) groups is 3. The van der Waals surface area contributed by atoms with Crippen LogP contribution < -0.4 is 4.90 Å². The first-order valence-corrected chi connectivity index (χ1v) is 16.3. The normalized spacial score (nSPS) is 31.8. The topological polar surface area (TPSA) is 115 Å². The summed E-state index contributed by atoms with van der Waals surface area (Å²) in [5, 5.41) is 34.1. The van der Waals surface area contributed by atoms with Crippen molar-refractivity contribution in [2.75, 3.05) is 19.0 Å². The van der Waals surface area contributed by atoms with E-state index in [9.17, 15) is 29.7 Å². The van der Waals surface area contributed by atoms with Gasteiger partial charge in [-0.1, -0.05) is 62.3 Å². The highest BCUT2D eigenvalue weighted by molar-refractivity contribution is 6.22. The highest BCUT2D eigenvalue weighted by Gasteiger charge is 2.68. The lowest BCUT2D eigenvalue weighted by Gasteiger charge is -2.64. The number of phenolic OH excluding ortho intramolecular Hbond substituents is 1. The highest BCUT2D eigenvalue weighted by Crippen LogP contribution is 2.69. The maximum Gasteiger partial charge on any atom is 0.176 e. The Morgan fingerprint density at radius 1 is 1.09 bits per heavy atom. The summed E-state index contributed by atoms with van der Waals surface area (Å²) in [6.07, 6.45) is 1.74.